The summed E-state index contributed by atoms with van der Waals surface area (Å²) in [6, 6.07) is 8.31. The van der Waals surface area contributed by atoms with Crippen LogP contribution in [0.15, 0.2) is 52.3 Å². The minimum Gasteiger partial charge on any atom is -0.477 e. The zero-order valence-corrected chi connectivity index (χ0v) is 18.9. The molecule has 32 heavy (non-hydrogen) atoms. The maximum atomic E-state index is 12.6. The quantitative estimate of drug-likeness (QED) is 0.372. The maximum Gasteiger partial charge on any atom is 0.312 e. The summed E-state index contributed by atoms with van der Waals surface area (Å²) < 4.78 is 54.3. The van der Waals surface area contributed by atoms with Crippen LogP contribution in [0.5, 0.6) is 5.75 Å². The molecule has 0 bridgehead atoms. The molecule has 0 saturated carbocycles. The van der Waals surface area contributed by atoms with E-state index >= 15 is 0 Å². The van der Waals surface area contributed by atoms with Crippen molar-refractivity contribution in [3.05, 3.63) is 52.6 Å². The number of nitrogens with two attached hydrogens (primary N) is 1. The predicted octanol–water partition coefficient (Wildman–Crippen LogP) is 1.29. The van der Waals surface area contributed by atoms with Crippen LogP contribution in [0.25, 0.3) is 0 Å². The fourth-order valence-electron chi connectivity index (χ4n) is 2.73. The lowest BCUT2D eigenvalue weighted by Gasteiger charge is -2.18. The molecule has 1 amide bonds. The summed E-state index contributed by atoms with van der Waals surface area (Å²) in [6.45, 7) is 3.02. The predicted molar refractivity (Wildman–Crippen MR) is 115 cm³/mol. The fraction of sp³-hybridized carbons (Fsp3) is 0.278. The monoisotopic (exact) mass is 486 g/mol. The Balaban J connectivity index is 2.19. The Hall–Kier alpha value is -3.07. The normalized spacial score (nSPS) is 11.9. The SMILES string of the molecule is CCN(CC)S(=O)(=O)c1ccc(OCC(=O)Nc2cccc(S(N)(=O)=O)c2)c([N+](=O)[O-])c1. The van der Waals surface area contributed by atoms with Gasteiger partial charge >= 0.3 is 5.69 Å². The van der Waals surface area contributed by atoms with Crippen molar-refractivity contribution < 1.29 is 31.3 Å². The highest BCUT2D eigenvalue weighted by Crippen LogP contribution is 2.31. The number of nitro groups is 1. The lowest BCUT2D eigenvalue weighted by Crippen LogP contribution is -2.30. The molecule has 0 heterocycles. The number of hydrogen-bond acceptors (Lipinski definition) is 8. The molecule has 0 spiro atoms. The molecule has 2 rings (SSSR count). The van der Waals surface area contributed by atoms with Crippen molar-refractivity contribution in [2.75, 3.05) is 25.0 Å². The van der Waals surface area contributed by atoms with Gasteiger partial charge in [0.2, 0.25) is 20.0 Å². The molecule has 0 unspecified atom stereocenters. The van der Waals surface area contributed by atoms with E-state index in [1.165, 1.54) is 18.2 Å². The number of nitrogens with zero attached hydrogens (tertiary/aromatic N) is 2. The zero-order valence-electron chi connectivity index (χ0n) is 17.2. The van der Waals surface area contributed by atoms with Crippen molar-refractivity contribution in [2.24, 2.45) is 5.14 Å². The van der Waals surface area contributed by atoms with Crippen LogP contribution >= 0.6 is 0 Å². The molecular formula is C18H22N4O8S2. The first-order valence-electron chi connectivity index (χ1n) is 9.24. The highest BCUT2D eigenvalue weighted by molar-refractivity contribution is 7.89. The van der Waals surface area contributed by atoms with E-state index in [-0.39, 0.29) is 34.3 Å². The van der Waals surface area contributed by atoms with E-state index in [0.29, 0.717) is 0 Å². The van der Waals surface area contributed by atoms with Gasteiger partial charge in [-0.2, -0.15) is 4.31 Å². The minimum atomic E-state index is -3.97. The van der Waals surface area contributed by atoms with Gasteiger partial charge < -0.3 is 10.1 Å². The Bertz CT molecular complexity index is 1230. The van der Waals surface area contributed by atoms with Gasteiger partial charge in [0.15, 0.2) is 12.4 Å². The molecule has 2 aromatic carbocycles. The molecule has 14 heteroatoms. The van der Waals surface area contributed by atoms with Gasteiger partial charge in [-0.1, -0.05) is 19.9 Å². The van der Waals surface area contributed by atoms with Crippen LogP contribution in [-0.4, -0.2) is 51.7 Å². The summed E-state index contributed by atoms with van der Waals surface area (Å²) in [6.07, 6.45) is 0. The van der Waals surface area contributed by atoms with Crippen LogP contribution in [0, 0.1) is 10.1 Å². The zero-order chi connectivity index (χ0) is 24.1. The van der Waals surface area contributed by atoms with Crippen molar-refractivity contribution in [2.45, 2.75) is 23.6 Å². The van der Waals surface area contributed by atoms with E-state index < -0.39 is 43.2 Å². The highest BCUT2D eigenvalue weighted by Gasteiger charge is 2.26. The number of carbonyl (C=O) groups is 1. The van der Waals surface area contributed by atoms with Crippen molar-refractivity contribution in [1.29, 1.82) is 0 Å². The molecular weight excluding hydrogens is 464 g/mol. The number of hydrogen-bond donors (Lipinski definition) is 2. The number of sulfonamides is 2. The number of amides is 1. The Morgan fingerprint density at radius 3 is 2.31 bits per heavy atom. The van der Waals surface area contributed by atoms with Crippen LogP contribution in [-0.2, 0) is 24.8 Å². The average molecular weight is 487 g/mol. The highest BCUT2D eigenvalue weighted by atomic mass is 32.2. The minimum absolute atomic E-state index is 0.125. The third-order valence-electron chi connectivity index (χ3n) is 4.28. The average Bonchev–Trinajstić information content (AvgIpc) is 2.72. The Morgan fingerprint density at radius 1 is 1.09 bits per heavy atom. The Kier molecular flexibility index (Phi) is 7.90. The summed E-state index contributed by atoms with van der Waals surface area (Å²) in [5, 5.41) is 18.8. The summed E-state index contributed by atoms with van der Waals surface area (Å²) in [4.78, 5) is 22.3. The molecule has 0 aliphatic carbocycles. The number of nitro benzene ring substituents is 1. The molecule has 0 saturated heterocycles. The summed E-state index contributed by atoms with van der Waals surface area (Å²) in [7, 11) is -7.90. The van der Waals surface area contributed by atoms with Gasteiger partial charge in [0.1, 0.15) is 0 Å². The fourth-order valence-corrected chi connectivity index (χ4v) is 4.76. The maximum absolute atomic E-state index is 12.6. The van der Waals surface area contributed by atoms with E-state index in [4.69, 9.17) is 9.88 Å². The number of benzene rings is 2. The first-order valence-corrected chi connectivity index (χ1v) is 12.2. The standard InChI is InChI=1S/C18H22N4O8S2/c1-3-21(4-2)32(28,29)15-8-9-17(16(11-15)22(24)25)30-12-18(23)20-13-6-5-7-14(10-13)31(19,26)27/h5-11H,3-4,12H2,1-2H3,(H,20,23)(H2,19,26,27). The van der Waals surface area contributed by atoms with Gasteiger partial charge in [-0.15, -0.1) is 0 Å². The molecule has 0 aromatic heterocycles. The van der Waals surface area contributed by atoms with Gasteiger partial charge in [-0.25, -0.2) is 22.0 Å². The Morgan fingerprint density at radius 2 is 1.75 bits per heavy atom. The smallest absolute Gasteiger partial charge is 0.312 e. The molecule has 12 nitrogen and oxygen atoms in total. The van der Waals surface area contributed by atoms with E-state index in [9.17, 15) is 31.7 Å². The first-order chi connectivity index (χ1) is 14.9. The molecule has 0 aliphatic rings. The topological polar surface area (TPSA) is 179 Å². The lowest BCUT2D eigenvalue weighted by molar-refractivity contribution is -0.386. The van der Waals surface area contributed by atoms with Crippen molar-refractivity contribution >= 4 is 37.3 Å². The molecule has 174 valence electrons. The van der Waals surface area contributed by atoms with Crippen LogP contribution in [0.4, 0.5) is 11.4 Å². The number of anilines is 1. The van der Waals surface area contributed by atoms with Gasteiger partial charge in [0.25, 0.3) is 5.91 Å². The van der Waals surface area contributed by atoms with Crippen LogP contribution in [0.3, 0.4) is 0 Å². The second-order valence-corrected chi connectivity index (χ2v) is 9.89. The van der Waals surface area contributed by atoms with Crippen LogP contribution in [0.1, 0.15) is 13.8 Å². The molecule has 2 aromatic rings. The van der Waals surface area contributed by atoms with Gasteiger partial charge in [-0.05, 0) is 30.3 Å². The van der Waals surface area contributed by atoms with E-state index in [1.807, 2.05) is 0 Å². The van der Waals surface area contributed by atoms with Crippen LogP contribution < -0.4 is 15.2 Å². The van der Waals surface area contributed by atoms with E-state index in [2.05, 4.69) is 5.32 Å². The summed E-state index contributed by atoms with van der Waals surface area (Å²) in [5.41, 5.74) is -0.498. The molecule has 3 N–H and O–H groups in total. The number of rotatable bonds is 10. The Labute approximate surface area is 185 Å². The number of carbonyl (C=O) groups excluding carboxylic acids is 1. The van der Waals surface area contributed by atoms with Gasteiger partial charge in [-0.3, -0.25) is 14.9 Å². The number of ether oxygens (including phenoxy) is 1. The first kappa shape index (κ1) is 25.2. The van der Waals surface area contributed by atoms with Crippen molar-refractivity contribution in [3.8, 4) is 5.75 Å². The largest absolute Gasteiger partial charge is 0.477 e. The van der Waals surface area contributed by atoms with Gasteiger partial charge in [0, 0.05) is 24.8 Å². The van der Waals surface area contributed by atoms with Crippen molar-refractivity contribution in [1.82, 2.24) is 4.31 Å². The van der Waals surface area contributed by atoms with E-state index in [1.54, 1.807) is 13.8 Å². The van der Waals surface area contributed by atoms with Gasteiger partial charge in [0.05, 0.1) is 14.7 Å². The van der Waals surface area contributed by atoms with Crippen LogP contribution in [0.2, 0.25) is 0 Å². The van der Waals surface area contributed by atoms with E-state index in [0.717, 1.165) is 28.6 Å². The second kappa shape index (κ2) is 10.0. The second-order valence-electron chi connectivity index (χ2n) is 6.39. The molecule has 0 radical (unpaired) electrons. The number of nitrogens with one attached hydrogen (secondary N) is 1. The molecule has 0 fully saturated rings. The third-order valence-corrected chi connectivity index (χ3v) is 7.23. The molecule has 0 aliphatic heterocycles. The third kappa shape index (κ3) is 6.00. The number of primary sulfonamides is 1. The molecule has 0 atom stereocenters. The summed E-state index contributed by atoms with van der Waals surface area (Å²) in [5.74, 6) is -1.03. The summed E-state index contributed by atoms with van der Waals surface area (Å²) >= 11 is 0. The lowest BCUT2D eigenvalue weighted by atomic mass is 10.3. The van der Waals surface area contributed by atoms with Crippen molar-refractivity contribution in [3.63, 3.8) is 0 Å².